The standard InChI is InChI=1S/C34H55N5O8S/c1-25-32(48-24-37-25)27-7-5-26(6-8-27)20-36-33(42)29-19-28(40)21-39(29)22-30(34(2,3)4)38-31(41)23-47-18-17-46-16-15-45-14-13-44-12-11-43-10-9-35/h5-8,24,28-30,40H,9-23,35H2,1-4H3,(H,36,42)(H,38,41)/t28-,29+,30-/m1/s1. The van der Waals surface area contributed by atoms with Crippen molar-refractivity contribution in [2.45, 2.75) is 58.8 Å². The van der Waals surface area contributed by atoms with Gasteiger partial charge in [-0.25, -0.2) is 4.98 Å². The molecule has 0 saturated carbocycles. The van der Waals surface area contributed by atoms with Crippen molar-refractivity contribution in [3.05, 3.63) is 41.0 Å². The molecule has 1 aliphatic rings. The second kappa shape index (κ2) is 21.5. The van der Waals surface area contributed by atoms with Gasteiger partial charge in [-0.15, -0.1) is 11.3 Å². The minimum atomic E-state index is -0.618. The van der Waals surface area contributed by atoms with Gasteiger partial charge in [0.05, 0.1) is 87.7 Å². The fraction of sp³-hybridized carbons (Fsp3) is 0.676. The van der Waals surface area contributed by atoms with Crippen LogP contribution in [0.15, 0.2) is 29.8 Å². The Morgan fingerprint density at radius 3 is 2.10 bits per heavy atom. The normalized spacial score (nSPS) is 17.5. The number of thiazole rings is 1. The highest BCUT2D eigenvalue weighted by molar-refractivity contribution is 7.13. The number of nitrogens with zero attached hydrogens (tertiary/aromatic N) is 2. The first-order valence-electron chi connectivity index (χ1n) is 16.7. The van der Waals surface area contributed by atoms with Crippen molar-refractivity contribution in [1.82, 2.24) is 20.5 Å². The Balaban J connectivity index is 1.33. The average Bonchev–Trinajstić information content (AvgIpc) is 3.65. The second-order valence-corrected chi connectivity index (χ2v) is 13.7. The van der Waals surface area contributed by atoms with Crippen LogP contribution < -0.4 is 16.4 Å². The molecule has 5 N–H and O–H groups in total. The molecule has 3 atom stereocenters. The van der Waals surface area contributed by atoms with Gasteiger partial charge in [-0.05, 0) is 29.9 Å². The summed E-state index contributed by atoms with van der Waals surface area (Å²) in [6, 6.07) is 7.33. The summed E-state index contributed by atoms with van der Waals surface area (Å²) in [5.74, 6) is -0.386. The van der Waals surface area contributed by atoms with E-state index >= 15 is 0 Å². The molecule has 0 aliphatic carbocycles. The number of aliphatic hydroxyl groups is 1. The smallest absolute Gasteiger partial charge is 0.246 e. The molecular weight excluding hydrogens is 638 g/mol. The molecule has 48 heavy (non-hydrogen) atoms. The number of nitrogens with two attached hydrogens (primary N) is 1. The van der Waals surface area contributed by atoms with Gasteiger partial charge in [-0.2, -0.15) is 0 Å². The van der Waals surface area contributed by atoms with E-state index in [1.54, 1.807) is 11.3 Å². The van der Waals surface area contributed by atoms with Crippen LogP contribution >= 0.6 is 11.3 Å². The van der Waals surface area contributed by atoms with E-state index in [-0.39, 0.29) is 36.5 Å². The number of hydrogen-bond acceptors (Lipinski definition) is 12. The number of aliphatic hydroxyl groups excluding tert-OH is 1. The summed E-state index contributed by atoms with van der Waals surface area (Å²) in [4.78, 5) is 33.5. The molecule has 0 radical (unpaired) electrons. The lowest BCUT2D eigenvalue weighted by atomic mass is 9.86. The van der Waals surface area contributed by atoms with Gasteiger partial charge in [0.25, 0.3) is 0 Å². The molecule has 0 spiro atoms. The number of nitrogens with one attached hydrogen (secondary N) is 2. The highest BCUT2D eigenvalue weighted by Crippen LogP contribution is 2.28. The van der Waals surface area contributed by atoms with Gasteiger partial charge in [0.15, 0.2) is 0 Å². The first kappa shape index (κ1) is 39.9. The van der Waals surface area contributed by atoms with Gasteiger partial charge in [0, 0.05) is 32.2 Å². The van der Waals surface area contributed by atoms with E-state index in [0.29, 0.717) is 85.5 Å². The maximum atomic E-state index is 13.3. The molecule has 1 aromatic heterocycles. The SMILES string of the molecule is Cc1ncsc1-c1ccc(CNC(=O)[C@@H]2C[C@@H](O)CN2C[C@@H](NC(=O)COCCOCCOCCOCCOCCN)C(C)(C)C)cc1. The number of likely N-dealkylation sites (tertiary alicyclic amines) is 1. The third kappa shape index (κ3) is 14.5. The summed E-state index contributed by atoms with van der Waals surface area (Å²) in [5, 5.41) is 16.6. The van der Waals surface area contributed by atoms with Crippen LogP contribution in [0.25, 0.3) is 10.4 Å². The van der Waals surface area contributed by atoms with Crippen molar-refractivity contribution >= 4 is 23.2 Å². The lowest BCUT2D eigenvalue weighted by molar-refractivity contribution is -0.128. The second-order valence-electron chi connectivity index (χ2n) is 12.8. The first-order valence-corrected chi connectivity index (χ1v) is 17.5. The zero-order chi connectivity index (χ0) is 34.8. The van der Waals surface area contributed by atoms with Crippen LogP contribution in [0.4, 0.5) is 0 Å². The highest BCUT2D eigenvalue weighted by atomic mass is 32.1. The number of ether oxygens (including phenoxy) is 5. The summed E-state index contributed by atoms with van der Waals surface area (Å²) in [7, 11) is 0. The third-order valence-electron chi connectivity index (χ3n) is 7.89. The first-order chi connectivity index (χ1) is 23.1. The minimum absolute atomic E-state index is 0.104. The number of carbonyl (C=O) groups excluding carboxylic acids is 2. The maximum absolute atomic E-state index is 13.3. The minimum Gasteiger partial charge on any atom is -0.392 e. The number of aryl methyl sites for hydroxylation is 1. The molecule has 1 fully saturated rings. The van der Waals surface area contributed by atoms with Gasteiger partial charge in [-0.1, -0.05) is 45.0 Å². The lowest BCUT2D eigenvalue weighted by Crippen LogP contribution is -2.54. The van der Waals surface area contributed by atoms with Gasteiger partial charge in [0.1, 0.15) is 6.61 Å². The molecule has 270 valence electrons. The predicted octanol–water partition coefficient (Wildman–Crippen LogP) is 1.74. The molecular formula is C34H55N5O8S. The molecule has 1 saturated heterocycles. The lowest BCUT2D eigenvalue weighted by Gasteiger charge is -2.36. The van der Waals surface area contributed by atoms with Crippen LogP contribution in [0.5, 0.6) is 0 Å². The van der Waals surface area contributed by atoms with Crippen molar-refractivity contribution in [2.75, 3.05) is 85.7 Å². The Hall–Kier alpha value is -2.53. The largest absolute Gasteiger partial charge is 0.392 e. The molecule has 1 aliphatic heterocycles. The van der Waals surface area contributed by atoms with Crippen LogP contribution in [0.1, 0.15) is 38.4 Å². The van der Waals surface area contributed by atoms with E-state index in [1.165, 1.54) is 0 Å². The Labute approximate surface area is 288 Å². The number of β-amino-alcohol motifs (C(OH)–C–C–N with tert-alkyl or cyclic N) is 1. The zero-order valence-electron chi connectivity index (χ0n) is 28.9. The molecule has 13 nitrogen and oxygen atoms in total. The summed E-state index contributed by atoms with van der Waals surface area (Å²) in [5.41, 5.74) is 9.98. The van der Waals surface area contributed by atoms with Crippen LogP contribution in [0, 0.1) is 12.3 Å². The van der Waals surface area contributed by atoms with E-state index in [2.05, 4.69) is 15.6 Å². The van der Waals surface area contributed by atoms with E-state index < -0.39 is 12.1 Å². The van der Waals surface area contributed by atoms with Crippen LogP contribution in [-0.4, -0.2) is 131 Å². The monoisotopic (exact) mass is 693 g/mol. The molecule has 2 amide bonds. The summed E-state index contributed by atoms with van der Waals surface area (Å²) < 4.78 is 27.1. The topological polar surface area (TPSA) is 167 Å². The fourth-order valence-corrected chi connectivity index (χ4v) is 5.96. The molecule has 0 bridgehead atoms. The van der Waals surface area contributed by atoms with Gasteiger partial charge >= 0.3 is 0 Å². The number of rotatable bonds is 23. The van der Waals surface area contributed by atoms with Crippen molar-refractivity contribution < 1.29 is 38.4 Å². The maximum Gasteiger partial charge on any atom is 0.246 e. The Morgan fingerprint density at radius 2 is 1.56 bits per heavy atom. The highest BCUT2D eigenvalue weighted by Gasteiger charge is 2.39. The van der Waals surface area contributed by atoms with E-state index in [9.17, 15) is 14.7 Å². The molecule has 2 heterocycles. The molecule has 3 rings (SSSR count). The van der Waals surface area contributed by atoms with Crippen molar-refractivity contribution in [3.63, 3.8) is 0 Å². The fourth-order valence-electron chi connectivity index (χ4n) is 5.15. The summed E-state index contributed by atoms with van der Waals surface area (Å²) in [6.07, 6.45) is -0.277. The van der Waals surface area contributed by atoms with Crippen LogP contribution in [-0.2, 0) is 39.8 Å². The number of amides is 2. The number of hydrogen-bond donors (Lipinski definition) is 4. The predicted molar refractivity (Wildman–Crippen MR) is 185 cm³/mol. The van der Waals surface area contributed by atoms with E-state index in [1.807, 2.05) is 62.4 Å². The zero-order valence-corrected chi connectivity index (χ0v) is 29.7. The van der Waals surface area contributed by atoms with Gasteiger partial charge in [-0.3, -0.25) is 14.5 Å². The quantitative estimate of drug-likeness (QED) is 0.125. The number of benzene rings is 1. The number of aromatic nitrogens is 1. The van der Waals surface area contributed by atoms with Crippen molar-refractivity contribution in [1.29, 1.82) is 0 Å². The van der Waals surface area contributed by atoms with Crippen molar-refractivity contribution in [3.8, 4) is 10.4 Å². The Morgan fingerprint density at radius 1 is 0.979 bits per heavy atom. The van der Waals surface area contributed by atoms with Gasteiger partial charge in [0.2, 0.25) is 11.8 Å². The van der Waals surface area contributed by atoms with Gasteiger partial charge < -0.3 is 45.2 Å². The van der Waals surface area contributed by atoms with E-state index in [0.717, 1.165) is 21.7 Å². The average molecular weight is 694 g/mol. The summed E-state index contributed by atoms with van der Waals surface area (Å²) in [6.45, 7) is 13.6. The summed E-state index contributed by atoms with van der Waals surface area (Å²) >= 11 is 1.61. The molecule has 1 aromatic carbocycles. The Bertz CT molecular complexity index is 1210. The van der Waals surface area contributed by atoms with E-state index in [4.69, 9.17) is 29.4 Å². The Kier molecular flexibility index (Phi) is 17.9. The van der Waals surface area contributed by atoms with Crippen molar-refractivity contribution in [2.24, 2.45) is 11.1 Å². The van der Waals surface area contributed by atoms with Crippen LogP contribution in [0.2, 0.25) is 0 Å². The number of carbonyl (C=O) groups is 2. The van der Waals surface area contributed by atoms with Crippen LogP contribution in [0.3, 0.4) is 0 Å². The molecule has 2 aromatic rings. The molecule has 14 heteroatoms. The third-order valence-corrected chi connectivity index (χ3v) is 8.87. The molecule has 0 unspecified atom stereocenters.